The fourth-order valence-electron chi connectivity index (χ4n) is 2.58. The summed E-state index contributed by atoms with van der Waals surface area (Å²) in [6, 6.07) is 19.9. The molecule has 0 bridgehead atoms. The van der Waals surface area contributed by atoms with Gasteiger partial charge in [-0.1, -0.05) is 15.9 Å². The molecule has 33 heavy (non-hydrogen) atoms. The highest BCUT2D eigenvalue weighted by molar-refractivity contribution is 9.10. The van der Waals surface area contributed by atoms with Crippen LogP contribution >= 0.6 is 15.9 Å². The maximum absolute atomic E-state index is 12.2. The molecule has 0 aromatic heterocycles. The van der Waals surface area contributed by atoms with Gasteiger partial charge in [-0.2, -0.15) is 5.10 Å². The molecule has 2 amide bonds. The molecule has 0 aliphatic heterocycles. The van der Waals surface area contributed by atoms with Crippen molar-refractivity contribution in [1.82, 2.24) is 5.43 Å². The maximum atomic E-state index is 12.2. The molecule has 0 unspecified atom stereocenters. The summed E-state index contributed by atoms with van der Waals surface area (Å²) < 4.78 is 11.5. The van der Waals surface area contributed by atoms with Gasteiger partial charge in [-0.3, -0.25) is 9.59 Å². The lowest BCUT2D eigenvalue weighted by molar-refractivity contribution is -0.136. The molecule has 3 aromatic rings. The number of carbonyl (C=O) groups is 3. The molecule has 0 saturated carbocycles. The number of benzene rings is 3. The summed E-state index contributed by atoms with van der Waals surface area (Å²) in [6.07, 6.45) is 1.36. The van der Waals surface area contributed by atoms with Gasteiger partial charge in [0.15, 0.2) is 0 Å². The van der Waals surface area contributed by atoms with Crippen molar-refractivity contribution in [2.24, 2.45) is 5.10 Å². The van der Waals surface area contributed by atoms with Crippen LogP contribution in [0.4, 0.5) is 5.69 Å². The van der Waals surface area contributed by atoms with Gasteiger partial charge in [0, 0.05) is 10.2 Å². The van der Waals surface area contributed by atoms with Crippen LogP contribution in [0.25, 0.3) is 0 Å². The van der Waals surface area contributed by atoms with E-state index in [1.807, 2.05) is 6.92 Å². The van der Waals surface area contributed by atoms with Gasteiger partial charge in [0.05, 0.1) is 18.4 Å². The van der Waals surface area contributed by atoms with Gasteiger partial charge >= 0.3 is 17.8 Å². The van der Waals surface area contributed by atoms with E-state index in [4.69, 9.17) is 9.47 Å². The van der Waals surface area contributed by atoms with Gasteiger partial charge in [-0.05, 0) is 85.3 Å². The Morgan fingerprint density at radius 1 is 0.879 bits per heavy atom. The third kappa shape index (κ3) is 7.29. The van der Waals surface area contributed by atoms with E-state index in [0.717, 1.165) is 4.47 Å². The van der Waals surface area contributed by atoms with Gasteiger partial charge < -0.3 is 14.8 Å². The average Bonchev–Trinajstić information content (AvgIpc) is 2.82. The standard InChI is InChI=1S/C24H20BrN3O5/c1-2-32-20-13-5-17(6-14-20)24(31)33-21-11-3-16(4-12-21)15-26-28-23(30)22(29)27-19-9-7-18(25)8-10-19/h3-15H,2H2,1H3,(H,27,29)(H,28,30)/b26-15+. The minimum atomic E-state index is -0.907. The predicted octanol–water partition coefficient (Wildman–Crippen LogP) is 4.16. The van der Waals surface area contributed by atoms with Crippen molar-refractivity contribution in [1.29, 1.82) is 0 Å². The number of anilines is 1. The largest absolute Gasteiger partial charge is 0.494 e. The summed E-state index contributed by atoms with van der Waals surface area (Å²) in [5.74, 6) is -1.22. The van der Waals surface area contributed by atoms with Crippen LogP contribution in [0.3, 0.4) is 0 Å². The molecule has 0 spiro atoms. The lowest BCUT2D eigenvalue weighted by Crippen LogP contribution is -2.32. The summed E-state index contributed by atoms with van der Waals surface area (Å²) in [5, 5.41) is 6.23. The summed E-state index contributed by atoms with van der Waals surface area (Å²) in [6.45, 7) is 2.43. The molecular formula is C24H20BrN3O5. The van der Waals surface area contributed by atoms with E-state index in [0.29, 0.717) is 34.9 Å². The highest BCUT2D eigenvalue weighted by Gasteiger charge is 2.13. The molecule has 0 saturated heterocycles. The van der Waals surface area contributed by atoms with Gasteiger partial charge in [-0.25, -0.2) is 10.2 Å². The fraction of sp³-hybridized carbons (Fsp3) is 0.0833. The Kier molecular flexibility index (Phi) is 8.31. The zero-order valence-electron chi connectivity index (χ0n) is 17.6. The molecule has 8 nitrogen and oxygen atoms in total. The van der Waals surface area contributed by atoms with Crippen molar-refractivity contribution in [3.63, 3.8) is 0 Å². The van der Waals surface area contributed by atoms with Gasteiger partial charge in [0.1, 0.15) is 11.5 Å². The van der Waals surface area contributed by atoms with Crippen LogP contribution in [0.15, 0.2) is 82.4 Å². The summed E-state index contributed by atoms with van der Waals surface area (Å²) in [5.41, 5.74) is 3.67. The number of carbonyl (C=O) groups excluding carboxylic acids is 3. The highest BCUT2D eigenvalue weighted by Crippen LogP contribution is 2.17. The van der Waals surface area contributed by atoms with Gasteiger partial charge in [0.25, 0.3) is 0 Å². The topological polar surface area (TPSA) is 106 Å². The van der Waals surface area contributed by atoms with E-state index in [9.17, 15) is 14.4 Å². The number of nitrogens with one attached hydrogen (secondary N) is 2. The number of esters is 1. The molecule has 3 rings (SSSR count). The molecule has 0 atom stereocenters. The Balaban J connectivity index is 1.49. The Bertz CT molecular complexity index is 1140. The number of hydrazone groups is 1. The van der Waals surface area contributed by atoms with E-state index >= 15 is 0 Å². The minimum absolute atomic E-state index is 0.351. The highest BCUT2D eigenvalue weighted by atomic mass is 79.9. The lowest BCUT2D eigenvalue weighted by atomic mass is 10.2. The lowest BCUT2D eigenvalue weighted by Gasteiger charge is -2.06. The van der Waals surface area contributed by atoms with Crippen LogP contribution in [0, 0.1) is 0 Å². The van der Waals surface area contributed by atoms with E-state index in [2.05, 4.69) is 31.8 Å². The van der Waals surface area contributed by atoms with Crippen LogP contribution in [0.1, 0.15) is 22.8 Å². The van der Waals surface area contributed by atoms with Crippen molar-refractivity contribution < 1.29 is 23.9 Å². The van der Waals surface area contributed by atoms with Crippen LogP contribution in [-0.4, -0.2) is 30.6 Å². The van der Waals surface area contributed by atoms with Crippen molar-refractivity contribution >= 4 is 45.6 Å². The number of hydrogen-bond donors (Lipinski definition) is 2. The summed E-state index contributed by atoms with van der Waals surface area (Å²) in [4.78, 5) is 36.0. The molecule has 0 aliphatic carbocycles. The monoisotopic (exact) mass is 509 g/mol. The zero-order chi connectivity index (χ0) is 23.6. The van der Waals surface area contributed by atoms with Crippen molar-refractivity contribution in [3.05, 3.63) is 88.4 Å². The van der Waals surface area contributed by atoms with E-state index < -0.39 is 17.8 Å². The van der Waals surface area contributed by atoms with Crippen molar-refractivity contribution in [3.8, 4) is 11.5 Å². The number of rotatable bonds is 7. The fourth-order valence-corrected chi connectivity index (χ4v) is 2.84. The van der Waals surface area contributed by atoms with Crippen LogP contribution in [0.2, 0.25) is 0 Å². The normalized spacial score (nSPS) is 10.5. The molecule has 0 fully saturated rings. The Morgan fingerprint density at radius 2 is 1.52 bits per heavy atom. The molecule has 0 heterocycles. The minimum Gasteiger partial charge on any atom is -0.494 e. The first kappa shape index (κ1) is 23.7. The second kappa shape index (κ2) is 11.6. The Hall–Kier alpha value is -3.98. The Morgan fingerprint density at radius 3 is 2.15 bits per heavy atom. The number of ether oxygens (including phenoxy) is 2. The first-order valence-electron chi connectivity index (χ1n) is 9.89. The van der Waals surface area contributed by atoms with Gasteiger partial charge in [-0.15, -0.1) is 0 Å². The van der Waals surface area contributed by atoms with Crippen LogP contribution in [-0.2, 0) is 9.59 Å². The predicted molar refractivity (Wildman–Crippen MR) is 128 cm³/mol. The van der Waals surface area contributed by atoms with E-state index in [-0.39, 0.29) is 0 Å². The van der Waals surface area contributed by atoms with Crippen molar-refractivity contribution in [2.75, 3.05) is 11.9 Å². The molecule has 2 N–H and O–H groups in total. The SMILES string of the molecule is CCOc1ccc(C(=O)Oc2ccc(/C=N/NC(=O)C(=O)Nc3ccc(Br)cc3)cc2)cc1. The molecule has 3 aromatic carbocycles. The van der Waals surface area contributed by atoms with Gasteiger partial charge in [0.2, 0.25) is 0 Å². The van der Waals surface area contributed by atoms with E-state index in [1.54, 1.807) is 72.8 Å². The first-order valence-corrected chi connectivity index (χ1v) is 10.7. The second-order valence-electron chi connectivity index (χ2n) is 6.58. The molecule has 0 aliphatic rings. The van der Waals surface area contributed by atoms with Crippen LogP contribution < -0.4 is 20.2 Å². The Labute approximate surface area is 198 Å². The maximum Gasteiger partial charge on any atom is 0.343 e. The smallest absolute Gasteiger partial charge is 0.343 e. The third-order valence-corrected chi connectivity index (χ3v) is 4.71. The van der Waals surface area contributed by atoms with Crippen molar-refractivity contribution in [2.45, 2.75) is 6.92 Å². The first-order chi connectivity index (χ1) is 15.9. The number of hydrogen-bond acceptors (Lipinski definition) is 6. The number of nitrogens with zero attached hydrogens (tertiary/aromatic N) is 1. The third-order valence-electron chi connectivity index (χ3n) is 4.18. The number of amides is 2. The molecular weight excluding hydrogens is 490 g/mol. The number of halogens is 1. The summed E-state index contributed by atoms with van der Waals surface area (Å²) in [7, 11) is 0. The van der Waals surface area contributed by atoms with E-state index in [1.165, 1.54) is 6.21 Å². The zero-order valence-corrected chi connectivity index (χ0v) is 19.2. The second-order valence-corrected chi connectivity index (χ2v) is 7.49. The molecule has 9 heteroatoms. The summed E-state index contributed by atoms with van der Waals surface area (Å²) >= 11 is 3.29. The average molecular weight is 510 g/mol. The quantitative estimate of drug-likeness (QED) is 0.163. The van der Waals surface area contributed by atoms with Crippen LogP contribution in [0.5, 0.6) is 11.5 Å². The molecule has 168 valence electrons. The molecule has 0 radical (unpaired) electrons.